The number of aryl methyl sites for hydroxylation is 1. The normalized spacial score (nSPS) is 15.7. The molecule has 0 aromatic heterocycles. The molecule has 0 spiro atoms. The van der Waals surface area contributed by atoms with Crippen molar-refractivity contribution in [2.24, 2.45) is 0 Å². The predicted molar refractivity (Wildman–Crippen MR) is 80.9 cm³/mol. The highest BCUT2D eigenvalue weighted by atomic mass is 35.5. The first kappa shape index (κ1) is 14.3. The summed E-state index contributed by atoms with van der Waals surface area (Å²) in [6, 6.07) is 6.18. The fourth-order valence-electron chi connectivity index (χ4n) is 2.43. The van der Waals surface area contributed by atoms with Crippen molar-refractivity contribution < 1.29 is 4.74 Å². The van der Waals surface area contributed by atoms with Crippen LogP contribution in [-0.2, 0) is 0 Å². The van der Waals surface area contributed by atoms with Gasteiger partial charge in [0.25, 0.3) is 0 Å². The average molecular weight is 277 g/mol. The van der Waals surface area contributed by atoms with E-state index >= 15 is 0 Å². The summed E-state index contributed by atoms with van der Waals surface area (Å²) in [5, 5.41) is 0. The molecule has 1 aliphatic rings. The van der Waals surface area contributed by atoms with Gasteiger partial charge in [0.05, 0.1) is 6.10 Å². The molecule has 1 nitrogen and oxygen atoms in total. The Hall–Kier alpha value is -1.13. The van der Waals surface area contributed by atoms with Gasteiger partial charge in [0.2, 0.25) is 0 Å². The third-order valence-corrected chi connectivity index (χ3v) is 3.66. The molecule has 1 aliphatic carbocycles. The van der Waals surface area contributed by atoms with Gasteiger partial charge in [-0.2, -0.15) is 0 Å². The van der Waals surface area contributed by atoms with Gasteiger partial charge in [0, 0.05) is 17.9 Å². The molecule has 1 fully saturated rings. The molecule has 0 bridgehead atoms. The summed E-state index contributed by atoms with van der Waals surface area (Å²) >= 11 is 5.61. The molecular formula is C17H21ClO. The highest BCUT2D eigenvalue weighted by Gasteiger charge is 2.15. The van der Waals surface area contributed by atoms with Crippen LogP contribution in [0.25, 0.3) is 0 Å². The van der Waals surface area contributed by atoms with Gasteiger partial charge >= 0.3 is 0 Å². The predicted octanol–water partition coefficient (Wildman–Crippen LogP) is 4.69. The van der Waals surface area contributed by atoms with Crippen molar-refractivity contribution in [3.05, 3.63) is 29.3 Å². The van der Waals surface area contributed by atoms with E-state index in [1.54, 1.807) is 0 Å². The smallest absolute Gasteiger partial charge is 0.122 e. The first-order valence-corrected chi connectivity index (χ1v) is 7.65. The van der Waals surface area contributed by atoms with Gasteiger partial charge in [-0.15, -0.1) is 11.6 Å². The molecule has 0 N–H and O–H groups in total. The van der Waals surface area contributed by atoms with Crippen LogP contribution in [-0.4, -0.2) is 12.0 Å². The van der Waals surface area contributed by atoms with Crippen LogP contribution in [0.3, 0.4) is 0 Å². The molecule has 2 heteroatoms. The number of rotatable bonds is 3. The first-order chi connectivity index (χ1) is 9.29. The van der Waals surface area contributed by atoms with Crippen LogP contribution in [0.2, 0.25) is 0 Å². The van der Waals surface area contributed by atoms with Crippen LogP contribution in [0.4, 0.5) is 0 Å². The fourth-order valence-corrected chi connectivity index (χ4v) is 2.53. The maximum atomic E-state index is 6.10. The summed E-state index contributed by atoms with van der Waals surface area (Å²) in [5.74, 6) is 7.79. The second kappa shape index (κ2) is 7.46. The lowest BCUT2D eigenvalue weighted by Gasteiger charge is -2.23. The van der Waals surface area contributed by atoms with E-state index < -0.39 is 0 Å². The summed E-state index contributed by atoms with van der Waals surface area (Å²) in [6.45, 7) is 2.09. The Balaban J connectivity index is 2.00. The molecule has 0 atom stereocenters. The third kappa shape index (κ3) is 4.48. The Bertz CT molecular complexity index is 464. The molecule has 0 aliphatic heterocycles. The molecule has 1 aromatic carbocycles. The monoisotopic (exact) mass is 276 g/mol. The van der Waals surface area contributed by atoms with Crippen LogP contribution < -0.4 is 4.74 Å². The van der Waals surface area contributed by atoms with E-state index in [0.29, 0.717) is 12.0 Å². The number of hydrogen-bond acceptors (Lipinski definition) is 1. The van der Waals surface area contributed by atoms with Crippen molar-refractivity contribution in [1.82, 2.24) is 0 Å². The van der Waals surface area contributed by atoms with Crippen LogP contribution in [0.1, 0.15) is 49.7 Å². The van der Waals surface area contributed by atoms with E-state index in [9.17, 15) is 0 Å². The molecule has 0 amide bonds. The van der Waals surface area contributed by atoms with E-state index in [4.69, 9.17) is 16.3 Å². The molecule has 102 valence electrons. The maximum Gasteiger partial charge on any atom is 0.122 e. The van der Waals surface area contributed by atoms with Crippen LogP contribution in [0.15, 0.2) is 18.2 Å². The molecule has 1 saturated carbocycles. The van der Waals surface area contributed by atoms with E-state index in [-0.39, 0.29) is 0 Å². The zero-order chi connectivity index (χ0) is 13.5. The van der Waals surface area contributed by atoms with Crippen molar-refractivity contribution in [2.75, 3.05) is 5.88 Å². The van der Waals surface area contributed by atoms with Crippen LogP contribution >= 0.6 is 11.6 Å². The summed E-state index contributed by atoms with van der Waals surface area (Å²) in [6.07, 6.45) is 7.47. The standard InChI is InChI=1S/C17H21ClO/c1-14-13-15(7-5-6-12-18)10-11-17(14)19-16-8-3-2-4-9-16/h10-11,13,16H,2-4,6,8-9,12H2,1H3. The van der Waals surface area contributed by atoms with Gasteiger partial charge in [0.15, 0.2) is 0 Å². The first-order valence-electron chi connectivity index (χ1n) is 7.12. The van der Waals surface area contributed by atoms with Crippen molar-refractivity contribution in [1.29, 1.82) is 0 Å². The van der Waals surface area contributed by atoms with Crippen LogP contribution in [0, 0.1) is 18.8 Å². The Kier molecular flexibility index (Phi) is 5.61. The summed E-state index contributed by atoms with van der Waals surface area (Å²) < 4.78 is 6.10. The summed E-state index contributed by atoms with van der Waals surface area (Å²) in [7, 11) is 0. The molecule has 19 heavy (non-hydrogen) atoms. The van der Waals surface area contributed by atoms with Gasteiger partial charge in [-0.1, -0.05) is 18.3 Å². The van der Waals surface area contributed by atoms with E-state index in [0.717, 1.165) is 17.7 Å². The number of benzene rings is 1. The zero-order valence-electron chi connectivity index (χ0n) is 11.5. The largest absolute Gasteiger partial charge is 0.490 e. The topological polar surface area (TPSA) is 9.23 Å². The second-order valence-corrected chi connectivity index (χ2v) is 5.48. The number of alkyl halides is 1. The molecule has 0 heterocycles. The lowest BCUT2D eigenvalue weighted by atomic mass is 9.97. The minimum atomic E-state index is 0.403. The molecule has 0 radical (unpaired) electrons. The van der Waals surface area contributed by atoms with Crippen molar-refractivity contribution in [3.8, 4) is 17.6 Å². The minimum Gasteiger partial charge on any atom is -0.490 e. The lowest BCUT2D eigenvalue weighted by Crippen LogP contribution is -2.19. The number of halogens is 1. The fraction of sp³-hybridized carbons (Fsp3) is 0.529. The van der Waals surface area contributed by atoms with E-state index in [1.807, 2.05) is 6.07 Å². The summed E-state index contributed by atoms with van der Waals surface area (Å²) in [4.78, 5) is 0. The highest BCUT2D eigenvalue weighted by Crippen LogP contribution is 2.26. The molecule has 0 unspecified atom stereocenters. The zero-order valence-corrected chi connectivity index (χ0v) is 12.3. The van der Waals surface area contributed by atoms with Gasteiger partial charge in [-0.3, -0.25) is 0 Å². The summed E-state index contributed by atoms with van der Waals surface area (Å²) in [5.41, 5.74) is 2.21. The Morgan fingerprint density at radius 2 is 2.05 bits per heavy atom. The van der Waals surface area contributed by atoms with Gasteiger partial charge in [-0.05, 0) is 56.4 Å². The Morgan fingerprint density at radius 3 is 2.74 bits per heavy atom. The SMILES string of the molecule is Cc1cc(C#CCCCl)ccc1OC1CCCCC1. The molecule has 1 aromatic rings. The van der Waals surface area contributed by atoms with E-state index in [2.05, 4.69) is 30.9 Å². The van der Waals surface area contributed by atoms with Crippen LogP contribution in [0.5, 0.6) is 5.75 Å². The molecule has 2 rings (SSSR count). The van der Waals surface area contributed by atoms with Crippen molar-refractivity contribution in [2.45, 2.75) is 51.6 Å². The number of ether oxygens (including phenoxy) is 1. The maximum absolute atomic E-state index is 6.10. The van der Waals surface area contributed by atoms with E-state index in [1.165, 1.54) is 37.7 Å². The minimum absolute atomic E-state index is 0.403. The van der Waals surface area contributed by atoms with Crippen molar-refractivity contribution in [3.63, 3.8) is 0 Å². The van der Waals surface area contributed by atoms with Gasteiger partial charge < -0.3 is 4.74 Å². The lowest BCUT2D eigenvalue weighted by molar-refractivity contribution is 0.154. The molecule has 0 saturated heterocycles. The Morgan fingerprint density at radius 1 is 1.26 bits per heavy atom. The highest BCUT2D eigenvalue weighted by molar-refractivity contribution is 6.18. The van der Waals surface area contributed by atoms with Gasteiger partial charge in [0.1, 0.15) is 5.75 Å². The average Bonchev–Trinajstić information content (AvgIpc) is 2.43. The Labute approximate surface area is 121 Å². The quantitative estimate of drug-likeness (QED) is 0.575. The number of hydrogen-bond donors (Lipinski definition) is 0. The second-order valence-electron chi connectivity index (χ2n) is 5.10. The molecular weight excluding hydrogens is 256 g/mol. The third-order valence-electron chi connectivity index (χ3n) is 3.47. The van der Waals surface area contributed by atoms with Gasteiger partial charge in [-0.25, -0.2) is 0 Å². The van der Waals surface area contributed by atoms with Crippen molar-refractivity contribution >= 4 is 11.6 Å².